The molecule has 0 radical (unpaired) electrons. The average molecular weight is 425 g/mol. The number of rotatable bonds is 5. The number of hydrogen-bond acceptors (Lipinski definition) is 6. The van der Waals surface area contributed by atoms with Gasteiger partial charge in [0.1, 0.15) is 5.75 Å². The molecule has 0 aliphatic carbocycles. The first-order chi connectivity index (χ1) is 15.6. The summed E-state index contributed by atoms with van der Waals surface area (Å²) in [5.74, 6) is 0.0873. The summed E-state index contributed by atoms with van der Waals surface area (Å²) < 4.78 is 0. The van der Waals surface area contributed by atoms with Crippen LogP contribution in [0, 0.1) is 22.7 Å². The zero-order valence-electron chi connectivity index (χ0n) is 17.6. The van der Waals surface area contributed by atoms with Crippen LogP contribution in [0.15, 0.2) is 72.8 Å². The summed E-state index contributed by atoms with van der Waals surface area (Å²) in [5, 5.41) is 39.0. The third-order valence-corrected chi connectivity index (χ3v) is 6.05. The Morgan fingerprint density at radius 1 is 0.906 bits per heavy atom. The van der Waals surface area contributed by atoms with Gasteiger partial charge in [-0.1, -0.05) is 42.5 Å². The van der Waals surface area contributed by atoms with E-state index in [2.05, 4.69) is 34.1 Å². The van der Waals surface area contributed by atoms with Crippen LogP contribution in [0.5, 0.6) is 5.75 Å². The molecule has 4 rings (SSSR count). The van der Waals surface area contributed by atoms with E-state index in [0.717, 1.165) is 11.1 Å². The first-order valence-corrected chi connectivity index (χ1v) is 10.5. The second kappa shape index (κ2) is 9.53. The summed E-state index contributed by atoms with van der Waals surface area (Å²) in [4.78, 5) is 4.41. The van der Waals surface area contributed by atoms with Crippen molar-refractivity contribution in [3.8, 4) is 17.9 Å². The van der Waals surface area contributed by atoms with Crippen molar-refractivity contribution in [2.45, 2.75) is 12.1 Å². The van der Waals surface area contributed by atoms with Gasteiger partial charge in [-0.05, 0) is 41.5 Å². The number of benzene rings is 3. The molecule has 1 saturated heterocycles. The second-order valence-corrected chi connectivity index (χ2v) is 7.86. The molecule has 0 amide bonds. The van der Waals surface area contributed by atoms with Crippen LogP contribution in [0.25, 0.3) is 0 Å². The zero-order valence-corrected chi connectivity index (χ0v) is 17.6. The molecule has 3 aromatic rings. The number of hydrogen-bond donors (Lipinski definition) is 2. The van der Waals surface area contributed by atoms with Crippen LogP contribution in [-0.2, 0) is 0 Å². The number of nitrogens with zero attached hydrogens (tertiary/aromatic N) is 4. The van der Waals surface area contributed by atoms with Crippen molar-refractivity contribution in [2.24, 2.45) is 0 Å². The molecule has 1 aliphatic rings. The van der Waals surface area contributed by atoms with Gasteiger partial charge in [-0.3, -0.25) is 4.90 Å². The molecule has 0 spiro atoms. The van der Waals surface area contributed by atoms with Crippen LogP contribution < -0.4 is 4.90 Å². The van der Waals surface area contributed by atoms with E-state index in [9.17, 15) is 10.2 Å². The number of aliphatic hydroxyl groups excluding tert-OH is 1. The lowest BCUT2D eigenvalue weighted by atomic mass is 9.97. The van der Waals surface area contributed by atoms with Gasteiger partial charge in [0.15, 0.2) is 0 Å². The van der Waals surface area contributed by atoms with Crippen LogP contribution in [0.3, 0.4) is 0 Å². The Morgan fingerprint density at radius 2 is 1.59 bits per heavy atom. The molecule has 0 aromatic heterocycles. The standard InChI is InChI=1S/C26H24N4O2/c27-15-19-6-9-22(10-7-19)25(18-31)29-12-13-30(23-11-8-20(16-28)14-26(23)32)24(17-29)21-4-2-1-3-5-21/h1-11,14,24-25,31-32H,12-13,17-18H2/t24-,25?/m0/s1. The zero-order chi connectivity index (χ0) is 22.5. The second-order valence-electron chi connectivity index (χ2n) is 7.86. The minimum Gasteiger partial charge on any atom is -0.506 e. The van der Waals surface area contributed by atoms with E-state index >= 15 is 0 Å². The van der Waals surface area contributed by atoms with Gasteiger partial charge in [0.25, 0.3) is 0 Å². The highest BCUT2D eigenvalue weighted by Crippen LogP contribution is 2.38. The number of piperazine rings is 1. The number of aliphatic hydroxyl groups is 1. The number of aromatic hydroxyl groups is 1. The van der Waals surface area contributed by atoms with Crippen molar-refractivity contribution in [3.63, 3.8) is 0 Å². The summed E-state index contributed by atoms with van der Waals surface area (Å²) in [7, 11) is 0. The molecule has 2 N–H and O–H groups in total. The topological polar surface area (TPSA) is 94.5 Å². The van der Waals surface area contributed by atoms with Gasteiger partial charge >= 0.3 is 0 Å². The van der Waals surface area contributed by atoms with Gasteiger partial charge in [0.05, 0.1) is 47.6 Å². The molecular formula is C26H24N4O2. The Bertz CT molecular complexity index is 1150. The average Bonchev–Trinajstić information content (AvgIpc) is 2.85. The van der Waals surface area contributed by atoms with Gasteiger partial charge in [-0.25, -0.2) is 0 Å². The van der Waals surface area contributed by atoms with Gasteiger partial charge < -0.3 is 15.1 Å². The Balaban J connectivity index is 1.66. The summed E-state index contributed by atoms with van der Waals surface area (Å²) >= 11 is 0. The van der Waals surface area contributed by atoms with Gasteiger partial charge in [-0.15, -0.1) is 0 Å². The van der Waals surface area contributed by atoms with Gasteiger partial charge in [0.2, 0.25) is 0 Å². The molecule has 0 saturated carbocycles. The molecular weight excluding hydrogens is 400 g/mol. The fourth-order valence-electron chi connectivity index (χ4n) is 4.38. The van der Waals surface area contributed by atoms with Crippen molar-refractivity contribution in [3.05, 3.63) is 95.1 Å². The quantitative estimate of drug-likeness (QED) is 0.648. The third kappa shape index (κ3) is 4.29. The van der Waals surface area contributed by atoms with Crippen LogP contribution in [0.2, 0.25) is 0 Å². The first kappa shape index (κ1) is 21.4. The monoisotopic (exact) mass is 424 g/mol. The first-order valence-electron chi connectivity index (χ1n) is 10.5. The fraction of sp³-hybridized carbons (Fsp3) is 0.231. The lowest BCUT2D eigenvalue weighted by Gasteiger charge is -2.45. The maximum absolute atomic E-state index is 10.6. The maximum atomic E-state index is 10.6. The minimum atomic E-state index is -0.189. The number of anilines is 1. The van der Waals surface area contributed by atoms with E-state index in [4.69, 9.17) is 10.5 Å². The van der Waals surface area contributed by atoms with Gasteiger partial charge in [0, 0.05) is 19.6 Å². The highest BCUT2D eigenvalue weighted by atomic mass is 16.3. The molecule has 160 valence electrons. The summed E-state index contributed by atoms with van der Waals surface area (Å²) in [5.41, 5.74) is 3.78. The minimum absolute atomic E-state index is 0.0322. The van der Waals surface area contributed by atoms with Gasteiger partial charge in [-0.2, -0.15) is 10.5 Å². The number of phenolic OH excluding ortho intramolecular Hbond substituents is 1. The lowest BCUT2D eigenvalue weighted by molar-refractivity contribution is 0.103. The SMILES string of the molecule is N#Cc1ccc(C(CO)N2CCN(c3ccc(C#N)cc3O)[C@H](c3ccccc3)C2)cc1. The third-order valence-electron chi connectivity index (χ3n) is 6.05. The Hall–Kier alpha value is -3.84. The molecule has 1 fully saturated rings. The van der Waals surface area contributed by atoms with E-state index < -0.39 is 0 Å². The molecule has 1 heterocycles. The molecule has 3 aromatic carbocycles. The molecule has 0 bridgehead atoms. The number of nitriles is 2. The maximum Gasteiger partial charge on any atom is 0.140 e. The Morgan fingerprint density at radius 3 is 2.22 bits per heavy atom. The normalized spacial score (nSPS) is 17.3. The fourth-order valence-corrected chi connectivity index (χ4v) is 4.38. The van der Waals surface area contributed by atoms with E-state index in [0.29, 0.717) is 36.4 Å². The van der Waals surface area contributed by atoms with Crippen LogP contribution in [-0.4, -0.2) is 41.4 Å². The van der Waals surface area contributed by atoms with Crippen molar-refractivity contribution in [1.82, 2.24) is 4.90 Å². The highest BCUT2D eigenvalue weighted by Gasteiger charge is 2.33. The lowest BCUT2D eigenvalue weighted by Crippen LogP contribution is -2.50. The Labute approximate surface area is 187 Å². The number of phenols is 1. The van der Waals surface area contributed by atoms with Crippen LogP contribution in [0.1, 0.15) is 34.3 Å². The van der Waals surface area contributed by atoms with Crippen molar-refractivity contribution < 1.29 is 10.2 Å². The molecule has 1 unspecified atom stereocenters. The van der Waals surface area contributed by atoms with E-state index in [-0.39, 0.29) is 24.4 Å². The predicted molar refractivity (Wildman–Crippen MR) is 122 cm³/mol. The van der Waals surface area contributed by atoms with Crippen molar-refractivity contribution >= 4 is 5.69 Å². The van der Waals surface area contributed by atoms with E-state index in [1.165, 1.54) is 6.07 Å². The largest absolute Gasteiger partial charge is 0.506 e. The molecule has 2 atom stereocenters. The van der Waals surface area contributed by atoms with Crippen molar-refractivity contribution in [2.75, 3.05) is 31.1 Å². The summed E-state index contributed by atoms with van der Waals surface area (Å²) in [6, 6.07) is 26.4. The van der Waals surface area contributed by atoms with Crippen LogP contribution in [0.4, 0.5) is 5.69 Å². The van der Waals surface area contributed by atoms with Crippen molar-refractivity contribution in [1.29, 1.82) is 10.5 Å². The van der Waals surface area contributed by atoms with E-state index in [1.807, 2.05) is 30.3 Å². The molecule has 1 aliphatic heterocycles. The molecule has 6 nitrogen and oxygen atoms in total. The highest BCUT2D eigenvalue weighted by molar-refractivity contribution is 5.62. The smallest absolute Gasteiger partial charge is 0.140 e. The molecule has 6 heteroatoms. The summed E-state index contributed by atoms with van der Waals surface area (Å²) in [6.07, 6.45) is 0. The summed E-state index contributed by atoms with van der Waals surface area (Å²) in [6.45, 7) is 1.95. The predicted octanol–water partition coefficient (Wildman–Crippen LogP) is 3.73. The van der Waals surface area contributed by atoms with E-state index in [1.54, 1.807) is 24.3 Å². The Kier molecular flexibility index (Phi) is 6.37. The van der Waals surface area contributed by atoms with Crippen LogP contribution >= 0.6 is 0 Å². The molecule has 32 heavy (non-hydrogen) atoms.